The standard InChI is InChI=1S/C20H19FN2O/c1-20(2,3)15-10-8-13(9-11-15)18-22-17(19(24)23-18)12-14-6-4-5-7-16(14)21/h4-12H,1-3H3,(H,22,23,24)/b17-12-. The fourth-order valence-electron chi connectivity index (χ4n) is 2.47. The van der Waals surface area contributed by atoms with Crippen LogP contribution in [0.25, 0.3) is 6.08 Å². The van der Waals surface area contributed by atoms with Gasteiger partial charge in [0.1, 0.15) is 17.3 Å². The van der Waals surface area contributed by atoms with Gasteiger partial charge in [0.25, 0.3) is 5.91 Å². The topological polar surface area (TPSA) is 41.5 Å². The molecule has 1 amide bonds. The highest BCUT2D eigenvalue weighted by Gasteiger charge is 2.22. The van der Waals surface area contributed by atoms with Crippen LogP contribution in [0.5, 0.6) is 0 Å². The zero-order valence-electron chi connectivity index (χ0n) is 13.9. The number of halogens is 1. The Labute approximate surface area is 140 Å². The molecule has 122 valence electrons. The van der Waals surface area contributed by atoms with Gasteiger partial charge in [-0.1, -0.05) is 63.2 Å². The van der Waals surface area contributed by atoms with Gasteiger partial charge in [-0.15, -0.1) is 0 Å². The first-order valence-corrected chi connectivity index (χ1v) is 7.82. The molecular weight excluding hydrogens is 303 g/mol. The van der Waals surface area contributed by atoms with E-state index in [9.17, 15) is 9.18 Å². The van der Waals surface area contributed by atoms with Crippen LogP contribution in [0.1, 0.15) is 37.5 Å². The molecule has 1 aliphatic heterocycles. The van der Waals surface area contributed by atoms with E-state index in [0.29, 0.717) is 11.4 Å². The van der Waals surface area contributed by atoms with E-state index in [-0.39, 0.29) is 22.8 Å². The number of nitrogens with zero attached hydrogens (tertiary/aromatic N) is 1. The molecule has 2 aromatic rings. The fraction of sp³-hybridized carbons (Fsp3) is 0.200. The van der Waals surface area contributed by atoms with Gasteiger partial charge in [0.05, 0.1) is 0 Å². The van der Waals surface area contributed by atoms with Crippen molar-refractivity contribution in [3.05, 3.63) is 76.7 Å². The first-order chi connectivity index (χ1) is 11.3. The summed E-state index contributed by atoms with van der Waals surface area (Å²) < 4.78 is 13.7. The Balaban J connectivity index is 1.91. The molecule has 0 bridgehead atoms. The Bertz CT molecular complexity index is 843. The lowest BCUT2D eigenvalue weighted by Gasteiger charge is -2.19. The fourth-order valence-corrected chi connectivity index (χ4v) is 2.47. The Morgan fingerprint density at radius 3 is 2.33 bits per heavy atom. The first kappa shape index (κ1) is 16.1. The number of benzene rings is 2. The molecule has 3 rings (SSSR count). The van der Waals surface area contributed by atoms with Crippen molar-refractivity contribution >= 4 is 17.8 Å². The highest BCUT2D eigenvalue weighted by molar-refractivity contribution is 6.19. The van der Waals surface area contributed by atoms with E-state index in [4.69, 9.17) is 0 Å². The van der Waals surface area contributed by atoms with E-state index in [2.05, 4.69) is 31.1 Å². The Kier molecular flexibility index (Phi) is 4.06. The highest BCUT2D eigenvalue weighted by Crippen LogP contribution is 2.23. The third kappa shape index (κ3) is 3.27. The summed E-state index contributed by atoms with van der Waals surface area (Å²) in [6.45, 7) is 6.43. The minimum absolute atomic E-state index is 0.0646. The van der Waals surface area contributed by atoms with Gasteiger partial charge in [-0.05, 0) is 23.1 Å². The number of amidine groups is 1. The first-order valence-electron chi connectivity index (χ1n) is 7.82. The van der Waals surface area contributed by atoms with Crippen molar-refractivity contribution in [3.8, 4) is 0 Å². The predicted octanol–water partition coefficient (Wildman–Crippen LogP) is 4.04. The van der Waals surface area contributed by atoms with Crippen LogP contribution in [0, 0.1) is 5.82 Å². The Morgan fingerprint density at radius 2 is 1.71 bits per heavy atom. The van der Waals surface area contributed by atoms with Crippen LogP contribution in [0.15, 0.2) is 59.2 Å². The van der Waals surface area contributed by atoms with Gasteiger partial charge in [0.15, 0.2) is 0 Å². The third-order valence-corrected chi connectivity index (χ3v) is 3.92. The van der Waals surface area contributed by atoms with Crippen LogP contribution in [-0.4, -0.2) is 11.7 Å². The van der Waals surface area contributed by atoms with Crippen LogP contribution in [0.4, 0.5) is 4.39 Å². The van der Waals surface area contributed by atoms with E-state index in [1.54, 1.807) is 18.2 Å². The zero-order chi connectivity index (χ0) is 17.3. The van der Waals surface area contributed by atoms with Crippen molar-refractivity contribution in [3.63, 3.8) is 0 Å². The summed E-state index contributed by atoms with van der Waals surface area (Å²) >= 11 is 0. The minimum Gasteiger partial charge on any atom is -0.305 e. The van der Waals surface area contributed by atoms with E-state index in [1.165, 1.54) is 17.7 Å². The van der Waals surface area contributed by atoms with Gasteiger partial charge in [0, 0.05) is 11.1 Å². The maximum absolute atomic E-state index is 13.7. The third-order valence-electron chi connectivity index (χ3n) is 3.92. The molecule has 0 aliphatic carbocycles. The van der Waals surface area contributed by atoms with Crippen LogP contribution >= 0.6 is 0 Å². The number of amides is 1. The maximum atomic E-state index is 13.7. The molecule has 1 aliphatic rings. The molecule has 0 unspecified atom stereocenters. The van der Waals surface area contributed by atoms with Crippen LogP contribution < -0.4 is 5.32 Å². The average Bonchev–Trinajstić information content (AvgIpc) is 2.90. The van der Waals surface area contributed by atoms with E-state index < -0.39 is 0 Å². The van der Waals surface area contributed by atoms with Gasteiger partial charge in [0.2, 0.25) is 0 Å². The summed E-state index contributed by atoms with van der Waals surface area (Å²) in [5.74, 6) is -0.216. The number of hydrogen-bond donors (Lipinski definition) is 1. The van der Waals surface area contributed by atoms with E-state index in [0.717, 1.165) is 5.56 Å². The average molecular weight is 322 g/mol. The number of hydrogen-bond acceptors (Lipinski definition) is 2. The predicted molar refractivity (Wildman–Crippen MR) is 94.2 cm³/mol. The second kappa shape index (κ2) is 6.04. The number of carbonyl (C=O) groups is 1. The van der Waals surface area contributed by atoms with Gasteiger partial charge < -0.3 is 5.32 Å². The van der Waals surface area contributed by atoms with Gasteiger partial charge in [-0.2, -0.15) is 0 Å². The summed E-state index contributed by atoms with van der Waals surface area (Å²) in [5.41, 5.74) is 2.65. The van der Waals surface area contributed by atoms with Crippen molar-refractivity contribution in [2.45, 2.75) is 26.2 Å². The van der Waals surface area contributed by atoms with Crippen molar-refractivity contribution < 1.29 is 9.18 Å². The number of aliphatic imine (C=N–C) groups is 1. The van der Waals surface area contributed by atoms with Crippen molar-refractivity contribution in [2.24, 2.45) is 4.99 Å². The van der Waals surface area contributed by atoms with Gasteiger partial charge in [-0.25, -0.2) is 9.38 Å². The molecule has 0 saturated heterocycles. The zero-order valence-corrected chi connectivity index (χ0v) is 13.9. The molecule has 3 nitrogen and oxygen atoms in total. The highest BCUT2D eigenvalue weighted by atomic mass is 19.1. The molecule has 1 heterocycles. The largest absolute Gasteiger partial charge is 0.305 e. The monoisotopic (exact) mass is 322 g/mol. The molecule has 0 spiro atoms. The van der Waals surface area contributed by atoms with E-state index >= 15 is 0 Å². The molecule has 0 atom stereocenters. The van der Waals surface area contributed by atoms with Gasteiger partial charge in [-0.3, -0.25) is 4.79 Å². The number of carbonyl (C=O) groups excluding carboxylic acids is 1. The summed E-state index contributed by atoms with van der Waals surface area (Å²) in [5, 5.41) is 2.74. The second-order valence-electron chi connectivity index (χ2n) is 6.79. The lowest BCUT2D eigenvalue weighted by Crippen LogP contribution is -2.24. The van der Waals surface area contributed by atoms with Crippen LogP contribution in [0.3, 0.4) is 0 Å². The summed E-state index contributed by atoms with van der Waals surface area (Å²) in [6, 6.07) is 14.2. The van der Waals surface area contributed by atoms with Crippen molar-refractivity contribution in [1.29, 1.82) is 0 Å². The lowest BCUT2D eigenvalue weighted by atomic mass is 9.86. The van der Waals surface area contributed by atoms with E-state index in [1.807, 2.05) is 24.3 Å². The number of rotatable bonds is 2. The summed E-state index contributed by atoms with van der Waals surface area (Å²) in [6.07, 6.45) is 1.46. The quantitative estimate of drug-likeness (QED) is 0.833. The SMILES string of the molecule is CC(C)(C)c1ccc(C2=N/C(=C\c3ccccc3F)C(=O)N2)cc1. The molecule has 0 fully saturated rings. The molecule has 2 aromatic carbocycles. The van der Waals surface area contributed by atoms with Gasteiger partial charge >= 0.3 is 0 Å². The minimum atomic E-state index is -0.379. The van der Waals surface area contributed by atoms with Crippen molar-refractivity contribution in [1.82, 2.24) is 5.32 Å². The molecule has 0 saturated carbocycles. The molecule has 0 radical (unpaired) electrons. The van der Waals surface area contributed by atoms with Crippen molar-refractivity contribution in [2.75, 3.05) is 0 Å². The molecular formula is C20H19FN2O. The summed E-state index contributed by atoms with van der Waals surface area (Å²) in [7, 11) is 0. The Hall–Kier alpha value is -2.75. The molecule has 4 heteroatoms. The molecule has 0 aromatic heterocycles. The smallest absolute Gasteiger partial charge is 0.275 e. The summed E-state index contributed by atoms with van der Waals surface area (Å²) in [4.78, 5) is 16.4. The second-order valence-corrected chi connectivity index (χ2v) is 6.79. The van der Waals surface area contributed by atoms with Crippen LogP contribution in [-0.2, 0) is 10.2 Å². The lowest BCUT2D eigenvalue weighted by molar-refractivity contribution is -0.115. The number of nitrogens with one attached hydrogen (secondary N) is 1. The maximum Gasteiger partial charge on any atom is 0.275 e. The normalized spacial score (nSPS) is 16.2. The Morgan fingerprint density at radius 1 is 1.04 bits per heavy atom. The molecule has 1 N–H and O–H groups in total. The molecule has 24 heavy (non-hydrogen) atoms. The van der Waals surface area contributed by atoms with Crippen LogP contribution in [0.2, 0.25) is 0 Å².